The predicted octanol–water partition coefficient (Wildman–Crippen LogP) is 5.62. The summed E-state index contributed by atoms with van der Waals surface area (Å²) in [4.78, 5) is 39.2. The van der Waals surface area contributed by atoms with Crippen molar-refractivity contribution in [3.05, 3.63) is 86.2 Å². The number of nitro groups is 1. The molecule has 0 spiro atoms. The van der Waals surface area contributed by atoms with Crippen LogP contribution < -0.4 is 9.47 Å². The van der Waals surface area contributed by atoms with Gasteiger partial charge in [-0.1, -0.05) is 18.2 Å². The fourth-order valence-electron chi connectivity index (χ4n) is 5.70. The molecule has 2 aromatic rings. The molecular formula is C29H30N2O6. The van der Waals surface area contributed by atoms with Crippen LogP contribution in [0.3, 0.4) is 0 Å². The molecule has 1 heterocycles. The van der Waals surface area contributed by atoms with Crippen molar-refractivity contribution in [2.75, 3.05) is 13.7 Å². The van der Waals surface area contributed by atoms with E-state index in [9.17, 15) is 19.7 Å². The van der Waals surface area contributed by atoms with Gasteiger partial charge in [-0.3, -0.25) is 19.7 Å². The third-order valence-electron chi connectivity index (χ3n) is 7.36. The van der Waals surface area contributed by atoms with E-state index in [0.29, 0.717) is 36.5 Å². The highest BCUT2D eigenvalue weighted by Crippen LogP contribution is 2.49. The minimum absolute atomic E-state index is 0.00574. The van der Waals surface area contributed by atoms with Gasteiger partial charge in [0.15, 0.2) is 23.1 Å². The fourth-order valence-corrected chi connectivity index (χ4v) is 5.70. The standard InChI is InChI=1S/C29H30N2O6/c1-3-36-26-16-19(13-14-25(26)37-17-18-7-4-8-20(15-18)31(34)35)27-28-21(9-5-11-23(28)32)30(2)22-10-6-12-24(33)29(22)27/h4,7-8,13-16,27H,3,5-6,9-12,17H2,1-2H3. The molecule has 5 rings (SSSR count). The van der Waals surface area contributed by atoms with Crippen LogP contribution in [0.2, 0.25) is 0 Å². The van der Waals surface area contributed by atoms with Crippen LogP contribution in [0.4, 0.5) is 5.69 Å². The monoisotopic (exact) mass is 502 g/mol. The van der Waals surface area contributed by atoms with Gasteiger partial charge < -0.3 is 14.4 Å². The quantitative estimate of drug-likeness (QED) is 0.358. The van der Waals surface area contributed by atoms with E-state index in [1.807, 2.05) is 26.1 Å². The number of allylic oxidation sites excluding steroid dienone is 4. The molecular weight excluding hydrogens is 472 g/mol. The largest absolute Gasteiger partial charge is 0.490 e. The first-order valence-electron chi connectivity index (χ1n) is 12.8. The SMILES string of the molecule is CCOc1cc(C2C3=C(CCCC3=O)N(C)C3=C2C(=O)CCC3)ccc1OCc1cccc([N+](=O)[O-])c1. The van der Waals surface area contributed by atoms with Gasteiger partial charge in [0.05, 0.1) is 11.5 Å². The molecule has 0 saturated heterocycles. The molecule has 8 nitrogen and oxygen atoms in total. The molecule has 1 aliphatic heterocycles. The minimum Gasteiger partial charge on any atom is -0.490 e. The lowest BCUT2D eigenvalue weighted by molar-refractivity contribution is -0.384. The second-order valence-electron chi connectivity index (χ2n) is 9.62. The molecule has 2 aromatic carbocycles. The Morgan fingerprint density at radius 3 is 2.22 bits per heavy atom. The zero-order valence-corrected chi connectivity index (χ0v) is 21.1. The second kappa shape index (κ2) is 10.2. The van der Waals surface area contributed by atoms with Crippen LogP contribution in [0.25, 0.3) is 0 Å². The lowest BCUT2D eigenvalue weighted by Crippen LogP contribution is -2.37. The fraction of sp³-hybridized carbons (Fsp3) is 0.379. The smallest absolute Gasteiger partial charge is 0.269 e. The number of hydrogen-bond acceptors (Lipinski definition) is 7. The number of ether oxygens (including phenoxy) is 2. The number of nitro benzene ring substituents is 1. The van der Waals surface area contributed by atoms with Crippen LogP contribution >= 0.6 is 0 Å². The number of hydrogen-bond donors (Lipinski definition) is 0. The molecule has 192 valence electrons. The Balaban J connectivity index is 1.52. The minimum atomic E-state index is -0.434. The molecule has 0 aromatic heterocycles. The zero-order valence-electron chi connectivity index (χ0n) is 21.1. The van der Waals surface area contributed by atoms with E-state index in [4.69, 9.17) is 9.47 Å². The number of carbonyl (C=O) groups excluding carboxylic acids is 2. The molecule has 0 radical (unpaired) electrons. The summed E-state index contributed by atoms with van der Waals surface area (Å²) < 4.78 is 11.9. The molecule has 37 heavy (non-hydrogen) atoms. The first kappa shape index (κ1) is 24.7. The number of benzene rings is 2. The topological polar surface area (TPSA) is 99.0 Å². The average molecular weight is 503 g/mol. The summed E-state index contributed by atoms with van der Waals surface area (Å²) in [5, 5.41) is 11.1. The van der Waals surface area contributed by atoms with Gasteiger partial charge in [-0.2, -0.15) is 0 Å². The highest BCUT2D eigenvalue weighted by Gasteiger charge is 2.42. The predicted molar refractivity (Wildman–Crippen MR) is 137 cm³/mol. The Labute approximate surface area is 215 Å². The normalized spacial score (nSPS) is 18.1. The second-order valence-corrected chi connectivity index (χ2v) is 9.62. The van der Waals surface area contributed by atoms with Crippen molar-refractivity contribution >= 4 is 17.3 Å². The maximum atomic E-state index is 13.2. The van der Waals surface area contributed by atoms with Gasteiger partial charge in [-0.05, 0) is 55.9 Å². The molecule has 0 unspecified atom stereocenters. The molecule has 0 fully saturated rings. The van der Waals surface area contributed by atoms with Gasteiger partial charge in [0.1, 0.15) is 6.61 Å². The van der Waals surface area contributed by atoms with Crippen LogP contribution in [0, 0.1) is 10.1 Å². The van der Waals surface area contributed by atoms with E-state index in [2.05, 4.69) is 4.90 Å². The van der Waals surface area contributed by atoms with E-state index < -0.39 is 10.8 Å². The highest BCUT2D eigenvalue weighted by molar-refractivity contribution is 6.06. The number of Topliss-reactive ketones (excluding diaryl/α,β-unsaturated/α-hetero) is 2. The third kappa shape index (κ3) is 4.63. The lowest BCUT2D eigenvalue weighted by Gasteiger charge is -2.42. The first-order chi connectivity index (χ1) is 17.9. The maximum absolute atomic E-state index is 13.2. The van der Waals surface area contributed by atoms with Crippen molar-refractivity contribution < 1.29 is 24.0 Å². The molecule has 0 N–H and O–H groups in total. The Morgan fingerprint density at radius 2 is 1.59 bits per heavy atom. The Morgan fingerprint density at radius 1 is 0.919 bits per heavy atom. The molecule has 0 atom stereocenters. The van der Waals surface area contributed by atoms with Crippen LogP contribution in [-0.4, -0.2) is 35.0 Å². The van der Waals surface area contributed by atoms with E-state index in [0.717, 1.165) is 53.8 Å². The van der Waals surface area contributed by atoms with E-state index >= 15 is 0 Å². The van der Waals surface area contributed by atoms with Gasteiger partial charge in [-0.25, -0.2) is 0 Å². The van der Waals surface area contributed by atoms with Crippen molar-refractivity contribution in [1.82, 2.24) is 4.90 Å². The molecule has 8 heteroatoms. The summed E-state index contributed by atoms with van der Waals surface area (Å²) in [6.45, 7) is 2.42. The van der Waals surface area contributed by atoms with Gasteiger partial charge in [0.2, 0.25) is 0 Å². The van der Waals surface area contributed by atoms with Crippen molar-refractivity contribution in [2.45, 2.75) is 58.0 Å². The summed E-state index contributed by atoms with van der Waals surface area (Å²) in [5.41, 5.74) is 5.03. The summed E-state index contributed by atoms with van der Waals surface area (Å²) >= 11 is 0. The number of ketones is 2. The summed E-state index contributed by atoms with van der Waals surface area (Å²) in [5.74, 6) is 0.810. The number of nitrogens with zero attached hydrogens (tertiary/aromatic N) is 2. The lowest BCUT2D eigenvalue weighted by atomic mass is 9.71. The maximum Gasteiger partial charge on any atom is 0.269 e. The molecule has 0 amide bonds. The van der Waals surface area contributed by atoms with E-state index in [1.54, 1.807) is 18.2 Å². The van der Waals surface area contributed by atoms with Gasteiger partial charge in [-0.15, -0.1) is 0 Å². The van der Waals surface area contributed by atoms with Gasteiger partial charge in [0.25, 0.3) is 5.69 Å². The molecule has 0 bridgehead atoms. The van der Waals surface area contributed by atoms with Crippen LogP contribution in [0.5, 0.6) is 11.5 Å². The summed E-state index contributed by atoms with van der Waals surface area (Å²) in [7, 11) is 1.98. The van der Waals surface area contributed by atoms with Crippen molar-refractivity contribution in [1.29, 1.82) is 0 Å². The third-order valence-corrected chi connectivity index (χ3v) is 7.36. The molecule has 0 saturated carbocycles. The van der Waals surface area contributed by atoms with Crippen LogP contribution in [0.1, 0.15) is 62.5 Å². The van der Waals surface area contributed by atoms with Crippen LogP contribution in [0.15, 0.2) is 65.0 Å². The van der Waals surface area contributed by atoms with E-state index in [-0.39, 0.29) is 23.9 Å². The molecule has 3 aliphatic rings. The number of non-ortho nitro benzene ring substituents is 1. The Kier molecular flexibility index (Phi) is 6.82. The van der Waals surface area contributed by atoms with Gasteiger partial charge in [0, 0.05) is 60.5 Å². The van der Waals surface area contributed by atoms with Crippen LogP contribution in [-0.2, 0) is 16.2 Å². The van der Waals surface area contributed by atoms with Gasteiger partial charge >= 0.3 is 0 Å². The number of carbonyl (C=O) groups is 2. The van der Waals surface area contributed by atoms with Crippen molar-refractivity contribution in [3.8, 4) is 11.5 Å². The van der Waals surface area contributed by atoms with Crippen molar-refractivity contribution in [2.24, 2.45) is 0 Å². The Hall–Kier alpha value is -3.94. The Bertz CT molecular complexity index is 1300. The number of rotatable bonds is 7. The first-order valence-corrected chi connectivity index (χ1v) is 12.8. The summed E-state index contributed by atoms with van der Waals surface area (Å²) in [6, 6.07) is 11.9. The zero-order chi connectivity index (χ0) is 26.1. The summed E-state index contributed by atoms with van der Waals surface area (Å²) in [6.07, 6.45) is 4.26. The van der Waals surface area contributed by atoms with Crippen molar-refractivity contribution in [3.63, 3.8) is 0 Å². The average Bonchev–Trinajstić information content (AvgIpc) is 2.89. The molecule has 2 aliphatic carbocycles. The van der Waals surface area contributed by atoms with E-state index in [1.165, 1.54) is 12.1 Å². The highest BCUT2D eigenvalue weighted by atomic mass is 16.6.